The molecule has 1 aromatic carbocycles. The lowest BCUT2D eigenvalue weighted by Gasteiger charge is -2.43. The van der Waals surface area contributed by atoms with Gasteiger partial charge in [0.25, 0.3) is 0 Å². The van der Waals surface area contributed by atoms with Gasteiger partial charge < -0.3 is 10.6 Å². The largest absolute Gasteiger partial charge is 0.370 e. The zero-order chi connectivity index (χ0) is 14.3. The van der Waals surface area contributed by atoms with Crippen molar-refractivity contribution in [3.05, 3.63) is 29.8 Å². The summed E-state index contributed by atoms with van der Waals surface area (Å²) >= 11 is 0. The van der Waals surface area contributed by atoms with Crippen molar-refractivity contribution in [2.75, 3.05) is 18.0 Å². The lowest BCUT2D eigenvalue weighted by molar-refractivity contribution is 0.235. The van der Waals surface area contributed by atoms with Gasteiger partial charge in [-0.1, -0.05) is 46.8 Å². The normalized spacial score (nSPS) is 23.5. The summed E-state index contributed by atoms with van der Waals surface area (Å²) in [6.07, 6.45) is 1.16. The number of hydrogen-bond donors (Lipinski definition) is 1. The Morgan fingerprint density at radius 1 is 1.16 bits per heavy atom. The fraction of sp³-hybridized carbons (Fsp3) is 0.647. The summed E-state index contributed by atoms with van der Waals surface area (Å²) in [5, 5.41) is 0. The molecule has 2 N–H and O–H groups in total. The fourth-order valence-electron chi connectivity index (χ4n) is 2.59. The first-order valence-electron chi connectivity index (χ1n) is 7.31. The highest BCUT2D eigenvalue weighted by Crippen LogP contribution is 2.32. The molecule has 1 aromatic rings. The molecule has 1 aliphatic rings. The molecule has 19 heavy (non-hydrogen) atoms. The van der Waals surface area contributed by atoms with E-state index in [1.165, 1.54) is 11.3 Å². The number of piperidine rings is 1. The number of nitrogens with two attached hydrogens (primary N) is 1. The van der Waals surface area contributed by atoms with Gasteiger partial charge in [0, 0.05) is 24.8 Å². The van der Waals surface area contributed by atoms with Crippen LogP contribution in [0.5, 0.6) is 0 Å². The molecule has 1 saturated heterocycles. The maximum Gasteiger partial charge on any atom is 0.0366 e. The lowest BCUT2D eigenvalue weighted by Crippen LogP contribution is -2.52. The molecular weight excluding hydrogens is 232 g/mol. The summed E-state index contributed by atoms with van der Waals surface area (Å²) in [6, 6.07) is 9.24. The molecule has 0 spiro atoms. The van der Waals surface area contributed by atoms with Crippen LogP contribution in [-0.2, 0) is 5.41 Å². The molecule has 1 aliphatic heterocycles. The topological polar surface area (TPSA) is 29.3 Å². The number of hydrogen-bond acceptors (Lipinski definition) is 2. The van der Waals surface area contributed by atoms with Crippen LogP contribution in [0.2, 0.25) is 0 Å². The highest BCUT2D eigenvalue weighted by atomic mass is 15.2. The van der Waals surface area contributed by atoms with Crippen molar-refractivity contribution in [1.29, 1.82) is 0 Å². The Balaban J connectivity index is 2.12. The van der Waals surface area contributed by atoms with Gasteiger partial charge in [-0.05, 0) is 34.9 Å². The second-order valence-corrected chi connectivity index (χ2v) is 7.59. The van der Waals surface area contributed by atoms with Crippen molar-refractivity contribution in [3.8, 4) is 0 Å². The van der Waals surface area contributed by atoms with Gasteiger partial charge in [-0.3, -0.25) is 0 Å². The van der Waals surface area contributed by atoms with Crippen molar-refractivity contribution >= 4 is 5.69 Å². The van der Waals surface area contributed by atoms with Gasteiger partial charge in [0.1, 0.15) is 0 Å². The first kappa shape index (κ1) is 14.4. The Labute approximate surface area is 118 Å². The molecule has 0 amide bonds. The highest BCUT2D eigenvalue weighted by molar-refractivity contribution is 5.49. The number of nitrogens with zero attached hydrogens (tertiary/aromatic N) is 1. The van der Waals surface area contributed by atoms with Gasteiger partial charge in [0.15, 0.2) is 0 Å². The second-order valence-electron chi connectivity index (χ2n) is 7.59. The van der Waals surface area contributed by atoms with E-state index in [2.05, 4.69) is 63.8 Å². The molecule has 2 heteroatoms. The van der Waals surface area contributed by atoms with Gasteiger partial charge in [0.05, 0.1) is 0 Å². The molecule has 1 fully saturated rings. The van der Waals surface area contributed by atoms with E-state index in [0.717, 1.165) is 19.5 Å². The van der Waals surface area contributed by atoms with Crippen molar-refractivity contribution in [1.82, 2.24) is 0 Å². The van der Waals surface area contributed by atoms with E-state index in [4.69, 9.17) is 5.73 Å². The van der Waals surface area contributed by atoms with Crippen molar-refractivity contribution in [3.63, 3.8) is 0 Å². The average molecular weight is 260 g/mol. The molecule has 1 unspecified atom stereocenters. The fourth-order valence-corrected chi connectivity index (χ4v) is 2.59. The summed E-state index contributed by atoms with van der Waals surface area (Å²) in [6.45, 7) is 13.4. The van der Waals surface area contributed by atoms with E-state index in [-0.39, 0.29) is 16.9 Å². The lowest BCUT2D eigenvalue weighted by atomic mass is 9.78. The molecule has 2 nitrogen and oxygen atoms in total. The van der Waals surface area contributed by atoms with Gasteiger partial charge in [-0.2, -0.15) is 0 Å². The van der Waals surface area contributed by atoms with Crippen LogP contribution in [-0.4, -0.2) is 19.1 Å². The Hall–Kier alpha value is -1.02. The third kappa shape index (κ3) is 3.11. The maximum absolute atomic E-state index is 6.30. The molecule has 0 aliphatic carbocycles. The minimum absolute atomic E-state index is 0.221. The van der Waals surface area contributed by atoms with Crippen LogP contribution in [0.25, 0.3) is 0 Å². The van der Waals surface area contributed by atoms with Crippen molar-refractivity contribution in [2.24, 2.45) is 11.1 Å². The summed E-state index contributed by atoms with van der Waals surface area (Å²) < 4.78 is 0. The molecular formula is C17H28N2. The van der Waals surface area contributed by atoms with Crippen LogP contribution in [0.4, 0.5) is 5.69 Å². The third-order valence-corrected chi connectivity index (χ3v) is 4.55. The Morgan fingerprint density at radius 3 is 2.21 bits per heavy atom. The molecule has 0 saturated carbocycles. The quantitative estimate of drug-likeness (QED) is 0.836. The van der Waals surface area contributed by atoms with E-state index in [1.54, 1.807) is 0 Å². The third-order valence-electron chi connectivity index (χ3n) is 4.55. The van der Waals surface area contributed by atoms with Crippen molar-refractivity contribution < 1.29 is 0 Å². The summed E-state index contributed by atoms with van der Waals surface area (Å²) in [7, 11) is 0. The van der Waals surface area contributed by atoms with E-state index in [9.17, 15) is 0 Å². The minimum atomic E-state index is 0.221. The molecule has 1 heterocycles. The maximum atomic E-state index is 6.30. The first-order valence-corrected chi connectivity index (χ1v) is 7.31. The number of rotatable bonds is 1. The molecule has 0 radical (unpaired) electrons. The number of benzene rings is 1. The Kier molecular flexibility index (Phi) is 3.65. The Morgan fingerprint density at radius 2 is 1.74 bits per heavy atom. The van der Waals surface area contributed by atoms with Gasteiger partial charge >= 0.3 is 0 Å². The highest BCUT2D eigenvalue weighted by Gasteiger charge is 2.33. The summed E-state index contributed by atoms with van der Waals surface area (Å²) in [4.78, 5) is 2.42. The second kappa shape index (κ2) is 4.82. The molecule has 106 valence electrons. The van der Waals surface area contributed by atoms with E-state index in [1.807, 2.05) is 0 Å². The molecule has 1 atom stereocenters. The zero-order valence-corrected chi connectivity index (χ0v) is 13.0. The van der Waals surface area contributed by atoms with Crippen LogP contribution in [0, 0.1) is 5.41 Å². The van der Waals surface area contributed by atoms with Crippen LogP contribution in [0.15, 0.2) is 24.3 Å². The summed E-state index contributed by atoms with van der Waals surface area (Å²) in [5.41, 5.74) is 9.48. The van der Waals surface area contributed by atoms with E-state index in [0.29, 0.717) is 0 Å². The van der Waals surface area contributed by atoms with Crippen LogP contribution in [0.3, 0.4) is 0 Å². The van der Waals surface area contributed by atoms with Crippen molar-refractivity contribution in [2.45, 2.75) is 52.5 Å². The molecule has 0 bridgehead atoms. The monoisotopic (exact) mass is 260 g/mol. The Bertz CT molecular complexity index is 426. The predicted molar refractivity (Wildman–Crippen MR) is 83.7 cm³/mol. The van der Waals surface area contributed by atoms with Gasteiger partial charge in [-0.15, -0.1) is 0 Å². The van der Waals surface area contributed by atoms with Gasteiger partial charge in [-0.25, -0.2) is 0 Å². The first-order chi connectivity index (χ1) is 8.70. The van der Waals surface area contributed by atoms with E-state index < -0.39 is 0 Å². The van der Waals surface area contributed by atoms with Crippen LogP contribution >= 0.6 is 0 Å². The summed E-state index contributed by atoms with van der Waals surface area (Å²) in [5.74, 6) is 0. The molecule has 0 aromatic heterocycles. The predicted octanol–water partition coefficient (Wildman–Crippen LogP) is 3.55. The SMILES string of the molecule is CC(C)(C)c1ccc(N2CCC(C)(C)C(N)C2)cc1. The molecule has 2 rings (SSSR count). The zero-order valence-electron chi connectivity index (χ0n) is 13.0. The van der Waals surface area contributed by atoms with Crippen LogP contribution in [0.1, 0.15) is 46.6 Å². The average Bonchev–Trinajstić information content (AvgIpc) is 2.32. The number of anilines is 1. The van der Waals surface area contributed by atoms with Gasteiger partial charge in [0.2, 0.25) is 0 Å². The van der Waals surface area contributed by atoms with E-state index >= 15 is 0 Å². The smallest absolute Gasteiger partial charge is 0.0366 e. The van der Waals surface area contributed by atoms with Crippen LogP contribution < -0.4 is 10.6 Å². The standard InChI is InChI=1S/C17H28N2/c1-16(2,3)13-6-8-14(9-7-13)19-11-10-17(4,5)15(18)12-19/h6-9,15H,10-12,18H2,1-5H3. The minimum Gasteiger partial charge on any atom is -0.370 e.